The summed E-state index contributed by atoms with van der Waals surface area (Å²) in [4.78, 5) is 17.3. The Kier molecular flexibility index (Phi) is 4.93. The number of amides is 1. The summed E-state index contributed by atoms with van der Waals surface area (Å²) < 4.78 is 12.9. The lowest BCUT2D eigenvalue weighted by Gasteiger charge is -2.23. The normalized spacial score (nSPS) is 11.5. The molecular weight excluding hydrogens is 301 g/mol. The molecule has 0 radical (unpaired) electrons. The van der Waals surface area contributed by atoms with E-state index in [0.717, 1.165) is 10.6 Å². The van der Waals surface area contributed by atoms with Gasteiger partial charge in [-0.1, -0.05) is 12.1 Å². The summed E-state index contributed by atoms with van der Waals surface area (Å²) >= 11 is 1.36. The molecule has 0 bridgehead atoms. The van der Waals surface area contributed by atoms with Gasteiger partial charge in [-0.25, -0.2) is 9.37 Å². The Balaban J connectivity index is 2.14. The zero-order valence-corrected chi connectivity index (χ0v) is 13.8. The minimum atomic E-state index is -0.454. The highest BCUT2D eigenvalue weighted by Crippen LogP contribution is 2.21. The maximum absolute atomic E-state index is 12.9. The fourth-order valence-corrected chi connectivity index (χ4v) is 2.92. The van der Waals surface area contributed by atoms with Crippen molar-refractivity contribution in [1.82, 2.24) is 10.3 Å². The van der Waals surface area contributed by atoms with E-state index in [9.17, 15) is 9.18 Å². The predicted molar refractivity (Wildman–Crippen MR) is 86.7 cm³/mol. The topological polar surface area (TPSA) is 68.0 Å². The average molecular weight is 321 g/mol. The van der Waals surface area contributed by atoms with Crippen LogP contribution in [0.4, 0.5) is 4.39 Å². The van der Waals surface area contributed by atoms with Gasteiger partial charge in [0.1, 0.15) is 10.7 Å². The van der Waals surface area contributed by atoms with Crippen molar-refractivity contribution < 1.29 is 9.18 Å². The van der Waals surface area contributed by atoms with Crippen LogP contribution in [0.1, 0.15) is 39.8 Å². The van der Waals surface area contributed by atoms with Crippen molar-refractivity contribution in [3.63, 3.8) is 0 Å². The van der Waals surface area contributed by atoms with Crippen molar-refractivity contribution in [2.45, 2.75) is 32.7 Å². The number of aromatic nitrogens is 1. The van der Waals surface area contributed by atoms with Gasteiger partial charge in [-0.2, -0.15) is 0 Å². The van der Waals surface area contributed by atoms with Gasteiger partial charge < -0.3 is 11.1 Å². The molecule has 2 rings (SSSR count). The Bertz CT molecular complexity index is 665. The average Bonchev–Trinajstić information content (AvgIpc) is 2.82. The van der Waals surface area contributed by atoms with E-state index in [0.29, 0.717) is 23.5 Å². The molecule has 4 nitrogen and oxygen atoms in total. The fourth-order valence-electron chi connectivity index (χ4n) is 1.93. The number of halogens is 1. The molecule has 6 heteroatoms. The van der Waals surface area contributed by atoms with Crippen molar-refractivity contribution in [3.05, 3.63) is 51.2 Å². The number of carbonyl (C=O) groups is 1. The van der Waals surface area contributed by atoms with Gasteiger partial charge in [0.25, 0.3) is 5.91 Å². The van der Waals surface area contributed by atoms with Crippen LogP contribution in [0.5, 0.6) is 0 Å². The molecule has 1 heterocycles. The van der Waals surface area contributed by atoms with Crippen LogP contribution in [0, 0.1) is 12.7 Å². The number of rotatable bonds is 5. The van der Waals surface area contributed by atoms with Crippen LogP contribution >= 0.6 is 11.3 Å². The van der Waals surface area contributed by atoms with Crippen molar-refractivity contribution in [3.8, 4) is 0 Å². The van der Waals surface area contributed by atoms with Crippen molar-refractivity contribution in [2.75, 3.05) is 6.54 Å². The largest absolute Gasteiger partial charge is 0.345 e. The molecule has 118 valence electrons. The highest BCUT2D eigenvalue weighted by Gasteiger charge is 2.22. The van der Waals surface area contributed by atoms with E-state index < -0.39 is 5.54 Å². The van der Waals surface area contributed by atoms with Crippen LogP contribution in [0.3, 0.4) is 0 Å². The van der Waals surface area contributed by atoms with Crippen LogP contribution in [0.25, 0.3) is 0 Å². The minimum Gasteiger partial charge on any atom is -0.345 e. The Morgan fingerprint density at radius 3 is 2.59 bits per heavy atom. The number of hydrogen-bond donors (Lipinski definition) is 2. The zero-order chi connectivity index (χ0) is 16.3. The van der Waals surface area contributed by atoms with Crippen molar-refractivity contribution in [2.24, 2.45) is 5.73 Å². The highest BCUT2D eigenvalue weighted by molar-refractivity contribution is 7.13. The fraction of sp³-hybridized carbons (Fsp3) is 0.375. The van der Waals surface area contributed by atoms with E-state index in [1.165, 1.54) is 23.5 Å². The molecule has 0 aliphatic carbocycles. The third-order valence-electron chi connectivity index (χ3n) is 3.28. The van der Waals surface area contributed by atoms with E-state index >= 15 is 0 Å². The summed E-state index contributed by atoms with van der Waals surface area (Å²) in [5, 5.41) is 3.74. The second-order valence-corrected chi connectivity index (χ2v) is 6.95. The SMILES string of the molecule is Cc1nc(Cc2ccc(F)cc2)sc1C(=O)NC(C)(C)CN. The molecule has 0 aliphatic heterocycles. The number of nitrogens with one attached hydrogen (secondary N) is 1. The van der Waals surface area contributed by atoms with Crippen LogP contribution in [0.15, 0.2) is 24.3 Å². The summed E-state index contributed by atoms with van der Waals surface area (Å²) in [6.07, 6.45) is 0.583. The first kappa shape index (κ1) is 16.6. The number of thiazole rings is 1. The quantitative estimate of drug-likeness (QED) is 0.889. The molecule has 1 aromatic carbocycles. The zero-order valence-electron chi connectivity index (χ0n) is 12.9. The Labute approximate surface area is 133 Å². The van der Waals surface area contributed by atoms with Gasteiger partial charge >= 0.3 is 0 Å². The molecule has 0 saturated heterocycles. The lowest BCUT2D eigenvalue weighted by atomic mass is 10.1. The number of benzene rings is 1. The van der Waals surface area contributed by atoms with Gasteiger partial charge in [0, 0.05) is 18.5 Å². The second-order valence-electron chi connectivity index (χ2n) is 5.87. The molecule has 0 saturated carbocycles. The predicted octanol–water partition coefficient (Wildman–Crippen LogP) is 2.65. The molecule has 3 N–H and O–H groups in total. The van der Waals surface area contributed by atoms with E-state index in [1.54, 1.807) is 12.1 Å². The van der Waals surface area contributed by atoms with Gasteiger partial charge in [0.05, 0.1) is 10.7 Å². The van der Waals surface area contributed by atoms with E-state index in [4.69, 9.17) is 5.73 Å². The van der Waals surface area contributed by atoms with Gasteiger partial charge in [-0.3, -0.25) is 4.79 Å². The highest BCUT2D eigenvalue weighted by atomic mass is 32.1. The first-order valence-electron chi connectivity index (χ1n) is 7.04. The van der Waals surface area contributed by atoms with Crippen LogP contribution in [0.2, 0.25) is 0 Å². The smallest absolute Gasteiger partial charge is 0.263 e. The second kappa shape index (κ2) is 6.54. The van der Waals surface area contributed by atoms with Gasteiger partial charge in [0.2, 0.25) is 0 Å². The molecule has 2 aromatic rings. The van der Waals surface area contributed by atoms with Crippen molar-refractivity contribution in [1.29, 1.82) is 0 Å². The maximum Gasteiger partial charge on any atom is 0.263 e. The lowest BCUT2D eigenvalue weighted by molar-refractivity contribution is 0.0919. The number of nitrogens with two attached hydrogens (primary N) is 1. The monoisotopic (exact) mass is 321 g/mol. The summed E-state index contributed by atoms with van der Waals surface area (Å²) in [5.41, 5.74) is 6.84. The molecule has 0 atom stereocenters. The molecule has 0 aliphatic rings. The van der Waals surface area contributed by atoms with Gasteiger partial charge in [-0.05, 0) is 38.5 Å². The maximum atomic E-state index is 12.9. The first-order valence-corrected chi connectivity index (χ1v) is 7.86. The summed E-state index contributed by atoms with van der Waals surface area (Å²) in [6, 6.07) is 6.30. The third kappa shape index (κ3) is 4.11. The number of aryl methyl sites for hydroxylation is 1. The Hall–Kier alpha value is -1.79. The summed E-state index contributed by atoms with van der Waals surface area (Å²) in [7, 11) is 0. The van der Waals surface area contributed by atoms with Crippen LogP contribution in [-0.4, -0.2) is 23.0 Å². The summed E-state index contributed by atoms with van der Waals surface area (Å²) in [6.45, 7) is 5.93. The molecule has 0 fully saturated rings. The van der Waals surface area contributed by atoms with E-state index in [2.05, 4.69) is 10.3 Å². The Morgan fingerprint density at radius 1 is 1.36 bits per heavy atom. The molecule has 1 amide bonds. The number of carbonyl (C=O) groups excluding carboxylic acids is 1. The summed E-state index contributed by atoms with van der Waals surface area (Å²) in [5.74, 6) is -0.418. The van der Waals surface area contributed by atoms with Crippen LogP contribution in [-0.2, 0) is 6.42 Å². The standard InChI is InChI=1S/C16H20FN3OS/c1-10-14(15(21)20-16(2,3)9-18)22-13(19-10)8-11-4-6-12(17)7-5-11/h4-7H,8-9,18H2,1-3H3,(H,20,21). The van der Waals surface area contributed by atoms with E-state index in [-0.39, 0.29) is 11.7 Å². The first-order chi connectivity index (χ1) is 10.3. The lowest BCUT2D eigenvalue weighted by Crippen LogP contribution is -2.48. The molecule has 1 aromatic heterocycles. The van der Waals surface area contributed by atoms with Crippen LogP contribution < -0.4 is 11.1 Å². The molecule has 22 heavy (non-hydrogen) atoms. The number of nitrogens with zero attached hydrogens (tertiary/aromatic N) is 1. The molecule has 0 unspecified atom stereocenters. The van der Waals surface area contributed by atoms with Gasteiger partial charge in [-0.15, -0.1) is 11.3 Å². The van der Waals surface area contributed by atoms with Gasteiger partial charge in [0.15, 0.2) is 0 Å². The Morgan fingerprint density at radius 2 is 2.00 bits per heavy atom. The minimum absolute atomic E-state index is 0.157. The molecular formula is C16H20FN3OS. The molecule has 0 spiro atoms. The van der Waals surface area contributed by atoms with Crippen molar-refractivity contribution >= 4 is 17.2 Å². The number of hydrogen-bond acceptors (Lipinski definition) is 4. The van der Waals surface area contributed by atoms with E-state index in [1.807, 2.05) is 20.8 Å². The third-order valence-corrected chi connectivity index (χ3v) is 4.43.